The molecule has 1 fully saturated rings. The number of H-pyrrole nitrogens is 2. The van der Waals surface area contributed by atoms with Crippen LogP contribution in [0.2, 0.25) is 0 Å². The van der Waals surface area contributed by atoms with E-state index in [1.54, 1.807) is 0 Å². The monoisotopic (exact) mass is 451 g/mol. The van der Waals surface area contributed by atoms with Crippen molar-refractivity contribution in [2.75, 3.05) is 13.1 Å². The summed E-state index contributed by atoms with van der Waals surface area (Å²) in [5.41, 5.74) is 3.32. The molecule has 0 aliphatic carbocycles. The van der Waals surface area contributed by atoms with Gasteiger partial charge in [-0.3, -0.25) is 9.69 Å². The van der Waals surface area contributed by atoms with E-state index >= 15 is 0 Å². The third-order valence-electron chi connectivity index (χ3n) is 6.20. The van der Waals surface area contributed by atoms with Crippen LogP contribution in [-0.4, -0.2) is 27.5 Å². The van der Waals surface area contributed by atoms with E-state index in [9.17, 15) is 4.79 Å². The Balaban J connectivity index is 1.61. The van der Waals surface area contributed by atoms with Crippen molar-refractivity contribution in [1.82, 2.24) is 14.5 Å². The van der Waals surface area contributed by atoms with Crippen molar-refractivity contribution in [3.05, 3.63) is 75.2 Å². The summed E-state index contributed by atoms with van der Waals surface area (Å²) in [6, 6.07) is 13.0. The van der Waals surface area contributed by atoms with Crippen molar-refractivity contribution in [2.45, 2.75) is 25.9 Å². The second-order valence-electron chi connectivity index (χ2n) is 8.08. The largest absolute Gasteiger partial charge is 0.341 e. The molecule has 5 nitrogen and oxygen atoms in total. The maximum atomic E-state index is 12.8. The molecular weight excluding hydrogens is 428 g/mol. The van der Waals surface area contributed by atoms with E-state index in [1.807, 2.05) is 24.7 Å². The molecule has 1 aliphatic heterocycles. The number of rotatable bonds is 3. The van der Waals surface area contributed by atoms with Gasteiger partial charge in [0, 0.05) is 25.3 Å². The van der Waals surface area contributed by atoms with Gasteiger partial charge in [0.1, 0.15) is 6.20 Å². The van der Waals surface area contributed by atoms with Crippen LogP contribution in [0.1, 0.15) is 24.9 Å². The Hall–Kier alpha value is -2.44. The fourth-order valence-corrected chi connectivity index (χ4v) is 5.03. The Morgan fingerprint density at radius 3 is 2.86 bits per heavy atom. The summed E-state index contributed by atoms with van der Waals surface area (Å²) in [4.78, 5) is 21.8. The molecule has 0 spiro atoms. The lowest BCUT2D eigenvalue weighted by Gasteiger charge is -2.39. The standard InChI is InChI=1S/C23H23BrN4O/c1-15-8-10-27(12-16-5-3-2-4-6-16)14-20(15)28-13-19(24)22(29)18-11-26-23-17(21(18)28)7-9-25-23/h2-7,9,11,13,15,20H,8,10,12,14H2,1H3,(H,25,26)/p+1/t15-,20+/m1/s1. The van der Waals surface area contributed by atoms with Crippen molar-refractivity contribution in [3.8, 4) is 0 Å². The number of aromatic amines is 2. The Bertz CT molecular complexity index is 1230. The van der Waals surface area contributed by atoms with Crippen molar-refractivity contribution in [3.63, 3.8) is 0 Å². The van der Waals surface area contributed by atoms with Gasteiger partial charge in [-0.2, -0.15) is 0 Å². The molecule has 29 heavy (non-hydrogen) atoms. The number of hydrogen-bond acceptors (Lipinski definition) is 2. The summed E-state index contributed by atoms with van der Waals surface area (Å²) >= 11 is 3.51. The number of benzene rings is 1. The van der Waals surface area contributed by atoms with Crippen LogP contribution in [0.4, 0.5) is 0 Å². The minimum atomic E-state index is 0.0280. The highest BCUT2D eigenvalue weighted by molar-refractivity contribution is 9.10. The summed E-state index contributed by atoms with van der Waals surface area (Å²) in [7, 11) is 0. The smallest absolute Gasteiger partial charge is 0.286 e. The summed E-state index contributed by atoms with van der Waals surface area (Å²) in [5, 5.41) is 1.78. The van der Waals surface area contributed by atoms with E-state index in [1.165, 1.54) is 5.56 Å². The summed E-state index contributed by atoms with van der Waals surface area (Å²) < 4.78 is 2.94. The number of pyridine rings is 2. The average molecular weight is 452 g/mol. The molecule has 1 aliphatic rings. The number of piperidine rings is 1. The summed E-state index contributed by atoms with van der Waals surface area (Å²) in [5.74, 6) is 0.526. The van der Waals surface area contributed by atoms with Gasteiger partial charge in [-0.05, 0) is 46.4 Å². The predicted molar refractivity (Wildman–Crippen MR) is 119 cm³/mol. The second kappa shape index (κ2) is 7.43. The first kappa shape index (κ1) is 18.6. The molecule has 4 heterocycles. The summed E-state index contributed by atoms with van der Waals surface area (Å²) in [6.45, 7) is 5.34. The van der Waals surface area contributed by atoms with Crippen LogP contribution in [0.5, 0.6) is 0 Å². The zero-order valence-corrected chi connectivity index (χ0v) is 17.9. The van der Waals surface area contributed by atoms with Gasteiger partial charge in [0.15, 0.2) is 0 Å². The minimum absolute atomic E-state index is 0.0280. The topological polar surface area (TPSA) is 55.2 Å². The van der Waals surface area contributed by atoms with Crippen molar-refractivity contribution >= 4 is 37.9 Å². The molecule has 2 N–H and O–H groups in total. The first-order valence-electron chi connectivity index (χ1n) is 10.1. The van der Waals surface area contributed by atoms with Gasteiger partial charge in [0.05, 0.1) is 27.0 Å². The van der Waals surface area contributed by atoms with Crippen LogP contribution >= 0.6 is 15.9 Å². The normalized spacial score (nSPS) is 20.5. The Labute approximate surface area is 177 Å². The van der Waals surface area contributed by atoms with E-state index in [0.717, 1.165) is 48.0 Å². The molecule has 3 aromatic heterocycles. The van der Waals surface area contributed by atoms with Gasteiger partial charge < -0.3 is 4.57 Å². The van der Waals surface area contributed by atoms with Crippen molar-refractivity contribution in [2.24, 2.45) is 5.92 Å². The molecule has 0 unspecified atom stereocenters. The lowest BCUT2D eigenvalue weighted by atomic mass is 9.92. The molecule has 1 saturated heterocycles. The Morgan fingerprint density at radius 2 is 2.03 bits per heavy atom. The maximum absolute atomic E-state index is 12.8. The quantitative estimate of drug-likeness (QED) is 0.508. The Morgan fingerprint density at radius 1 is 1.21 bits per heavy atom. The van der Waals surface area contributed by atoms with Gasteiger partial charge in [-0.15, -0.1) is 0 Å². The lowest BCUT2D eigenvalue weighted by Crippen LogP contribution is -2.40. The van der Waals surface area contributed by atoms with Crippen molar-refractivity contribution < 1.29 is 4.98 Å². The fourth-order valence-electron chi connectivity index (χ4n) is 4.59. The zero-order valence-electron chi connectivity index (χ0n) is 16.4. The van der Waals surface area contributed by atoms with Gasteiger partial charge in [0.25, 0.3) is 5.65 Å². The number of nitrogens with zero attached hydrogens (tertiary/aromatic N) is 2. The predicted octanol–water partition coefficient (Wildman–Crippen LogP) is 4.14. The first-order chi connectivity index (χ1) is 14.1. The van der Waals surface area contributed by atoms with E-state index in [0.29, 0.717) is 16.4 Å². The molecule has 6 heteroatoms. The molecule has 0 saturated carbocycles. The SMILES string of the molecule is C[C@@H]1CCN(Cc2ccccc2)C[C@@H]1n1cc(Br)c(=O)c2c[nH+]c3[nH]ccc3c21. The molecular formula is C23H24BrN4O+. The van der Waals surface area contributed by atoms with E-state index in [4.69, 9.17) is 0 Å². The minimum Gasteiger partial charge on any atom is -0.341 e. The van der Waals surface area contributed by atoms with E-state index in [2.05, 4.69) is 72.6 Å². The number of hydrogen-bond donors (Lipinski definition) is 1. The first-order valence-corrected chi connectivity index (χ1v) is 10.9. The van der Waals surface area contributed by atoms with Crippen LogP contribution in [-0.2, 0) is 6.54 Å². The lowest BCUT2D eigenvalue weighted by molar-refractivity contribution is -0.345. The number of likely N-dealkylation sites (tertiary alicyclic amines) is 1. The molecule has 0 amide bonds. The highest BCUT2D eigenvalue weighted by atomic mass is 79.9. The molecule has 0 radical (unpaired) electrons. The highest BCUT2D eigenvalue weighted by Gasteiger charge is 2.29. The van der Waals surface area contributed by atoms with Gasteiger partial charge in [0.2, 0.25) is 5.43 Å². The van der Waals surface area contributed by atoms with E-state index < -0.39 is 0 Å². The molecule has 148 valence electrons. The van der Waals surface area contributed by atoms with E-state index in [-0.39, 0.29) is 5.43 Å². The van der Waals surface area contributed by atoms with Crippen LogP contribution in [0, 0.1) is 5.92 Å². The number of halogens is 1. The van der Waals surface area contributed by atoms with Crippen molar-refractivity contribution in [1.29, 1.82) is 0 Å². The number of fused-ring (bicyclic) bond motifs is 3. The molecule has 1 aromatic carbocycles. The number of aromatic nitrogens is 3. The third kappa shape index (κ3) is 3.30. The molecule has 5 rings (SSSR count). The molecule has 0 bridgehead atoms. The third-order valence-corrected chi connectivity index (χ3v) is 6.76. The Kier molecular flexibility index (Phi) is 4.76. The second-order valence-corrected chi connectivity index (χ2v) is 8.94. The fraction of sp³-hybridized carbons (Fsp3) is 0.304. The van der Waals surface area contributed by atoms with Crippen LogP contribution < -0.4 is 10.4 Å². The van der Waals surface area contributed by atoms with Crippen LogP contribution in [0.15, 0.2) is 64.3 Å². The van der Waals surface area contributed by atoms with Gasteiger partial charge in [-0.1, -0.05) is 37.3 Å². The average Bonchev–Trinajstić information content (AvgIpc) is 3.22. The van der Waals surface area contributed by atoms with Gasteiger partial charge >= 0.3 is 0 Å². The maximum Gasteiger partial charge on any atom is 0.286 e. The highest BCUT2D eigenvalue weighted by Crippen LogP contribution is 2.33. The zero-order chi connectivity index (χ0) is 20.0. The molecule has 2 atom stereocenters. The number of nitrogens with one attached hydrogen (secondary N) is 2. The molecule has 4 aromatic rings. The van der Waals surface area contributed by atoms with Crippen LogP contribution in [0.3, 0.4) is 0 Å². The van der Waals surface area contributed by atoms with Gasteiger partial charge in [-0.25, -0.2) is 9.97 Å². The summed E-state index contributed by atoms with van der Waals surface area (Å²) in [6.07, 6.45) is 6.87. The van der Waals surface area contributed by atoms with Crippen LogP contribution in [0.25, 0.3) is 21.9 Å².